The van der Waals surface area contributed by atoms with Gasteiger partial charge in [-0.25, -0.2) is 4.79 Å². The highest BCUT2D eigenvalue weighted by Gasteiger charge is 2.66. The second-order valence-electron chi connectivity index (χ2n) is 7.04. The quantitative estimate of drug-likeness (QED) is 0.452. The molecule has 9 nitrogen and oxygen atoms in total. The number of thioether (sulfide) groups is 1. The van der Waals surface area contributed by atoms with Gasteiger partial charge in [0.25, 0.3) is 5.91 Å². The molecule has 25 heavy (non-hydrogen) atoms. The molecule has 0 aliphatic carbocycles. The normalized spacial score (nSPS) is 32.0. The fraction of sp³-hybridized carbons (Fsp3) is 0.733. The van der Waals surface area contributed by atoms with Crippen molar-refractivity contribution >= 4 is 36.0 Å². The van der Waals surface area contributed by atoms with E-state index in [2.05, 4.69) is 0 Å². The second kappa shape index (κ2) is 6.17. The van der Waals surface area contributed by atoms with E-state index in [1.165, 1.54) is 21.6 Å². The molecule has 3 saturated heterocycles. The molecule has 4 atom stereocenters. The van der Waals surface area contributed by atoms with E-state index in [1.54, 1.807) is 18.7 Å². The van der Waals surface area contributed by atoms with Crippen molar-refractivity contribution in [3.8, 4) is 0 Å². The Kier molecular flexibility index (Phi) is 4.44. The zero-order valence-corrected chi connectivity index (χ0v) is 14.8. The molecule has 3 heterocycles. The number of nitrogens with zero attached hydrogens (tertiary/aromatic N) is 3. The monoisotopic (exact) mass is 371 g/mol. The Hall–Kier alpha value is -1.81. The number of aliphatic hydroxyl groups excluding tert-OH is 1. The first-order valence-electron chi connectivity index (χ1n) is 8.08. The molecule has 0 saturated carbocycles. The van der Waals surface area contributed by atoms with Crippen LogP contribution in [0.15, 0.2) is 0 Å². The van der Waals surface area contributed by atoms with Gasteiger partial charge in [-0.15, -0.1) is 11.8 Å². The van der Waals surface area contributed by atoms with Crippen LogP contribution in [0, 0.1) is 5.92 Å². The molecule has 0 unspecified atom stereocenters. The number of aliphatic carboxylic acids is 1. The molecule has 0 spiro atoms. The summed E-state index contributed by atoms with van der Waals surface area (Å²) in [6, 6.07) is -0.968. The number of hydrogen-bond acceptors (Lipinski definition) is 6. The van der Waals surface area contributed by atoms with Gasteiger partial charge in [0.2, 0.25) is 12.3 Å². The highest BCUT2D eigenvalue weighted by atomic mass is 32.2. The van der Waals surface area contributed by atoms with Crippen molar-refractivity contribution in [1.29, 1.82) is 0 Å². The fourth-order valence-corrected chi connectivity index (χ4v) is 5.44. The molecule has 0 aromatic heterocycles. The highest BCUT2D eigenvalue weighted by Crippen LogP contribution is 2.54. The maximum absolute atomic E-state index is 12.5. The molecule has 3 rings (SSSR count). The minimum Gasteiger partial charge on any atom is -0.480 e. The second-order valence-corrected chi connectivity index (χ2v) is 8.81. The number of amides is 3. The van der Waals surface area contributed by atoms with E-state index in [4.69, 9.17) is 0 Å². The van der Waals surface area contributed by atoms with Gasteiger partial charge in [0.05, 0.1) is 5.37 Å². The number of rotatable bonds is 4. The van der Waals surface area contributed by atoms with Gasteiger partial charge in [-0.05, 0) is 13.8 Å². The van der Waals surface area contributed by atoms with Crippen molar-refractivity contribution in [2.45, 2.75) is 36.1 Å². The fourth-order valence-electron chi connectivity index (χ4n) is 3.72. The number of carbonyl (C=O) groups is 4. The topological polar surface area (TPSA) is 118 Å². The van der Waals surface area contributed by atoms with Crippen molar-refractivity contribution < 1.29 is 29.4 Å². The third-order valence-electron chi connectivity index (χ3n) is 5.08. The first kappa shape index (κ1) is 18.0. The minimum atomic E-state index is -1.49. The maximum Gasteiger partial charge on any atom is 0.327 e. The SMILES string of the molecule is CC1(C)S[C@@H]2[C@H]([C@H](O)C(=O)N3CCN(C=O)CC3)C(=O)N2[C@H]1C(=O)O. The van der Waals surface area contributed by atoms with Crippen LogP contribution in [0.1, 0.15) is 13.8 Å². The van der Waals surface area contributed by atoms with Crippen LogP contribution in [0.5, 0.6) is 0 Å². The molecule has 3 aliphatic rings. The number of hydrogen-bond donors (Lipinski definition) is 2. The van der Waals surface area contributed by atoms with Gasteiger partial charge in [-0.2, -0.15) is 0 Å². The number of carbonyl (C=O) groups excluding carboxylic acids is 3. The predicted octanol–water partition coefficient (Wildman–Crippen LogP) is -1.59. The van der Waals surface area contributed by atoms with Gasteiger partial charge in [-0.3, -0.25) is 14.4 Å². The third kappa shape index (κ3) is 2.77. The molecular formula is C15H21N3O6S. The van der Waals surface area contributed by atoms with Gasteiger partial charge in [0.1, 0.15) is 18.1 Å². The number of aliphatic hydroxyl groups is 1. The number of carboxylic acid groups (broad SMARTS) is 1. The lowest BCUT2D eigenvalue weighted by molar-refractivity contribution is -0.173. The van der Waals surface area contributed by atoms with Crippen LogP contribution < -0.4 is 0 Å². The van der Waals surface area contributed by atoms with Crippen LogP contribution in [0.25, 0.3) is 0 Å². The number of fused-ring (bicyclic) bond motifs is 1. The first-order chi connectivity index (χ1) is 11.7. The Labute approximate surface area is 148 Å². The Balaban J connectivity index is 1.69. The molecule has 3 fully saturated rings. The van der Waals surface area contributed by atoms with Crippen LogP contribution in [-0.4, -0.2) is 97.6 Å². The smallest absolute Gasteiger partial charge is 0.327 e. The summed E-state index contributed by atoms with van der Waals surface area (Å²) in [5.74, 6) is -3.05. The van der Waals surface area contributed by atoms with Gasteiger partial charge < -0.3 is 24.9 Å². The van der Waals surface area contributed by atoms with Crippen LogP contribution in [0.2, 0.25) is 0 Å². The average molecular weight is 371 g/mol. The Morgan fingerprint density at radius 2 is 1.88 bits per heavy atom. The Morgan fingerprint density at radius 1 is 1.28 bits per heavy atom. The van der Waals surface area contributed by atoms with Crippen molar-refractivity contribution in [3.05, 3.63) is 0 Å². The maximum atomic E-state index is 12.5. The number of piperazine rings is 1. The standard InChI is InChI=1S/C15H21N3O6S/c1-15(2)10(14(23)24)18-11(21)8(13(18)25-15)9(20)12(22)17-5-3-16(7-19)4-6-17/h7-10,13,20H,3-6H2,1-2H3,(H,23,24)/t8-,9+,10+,13-/m1/s1. The predicted molar refractivity (Wildman–Crippen MR) is 87.4 cm³/mol. The van der Waals surface area contributed by atoms with Crippen molar-refractivity contribution in [3.63, 3.8) is 0 Å². The Bertz CT molecular complexity index is 618. The molecule has 3 aliphatic heterocycles. The lowest BCUT2D eigenvalue weighted by Crippen LogP contribution is -2.67. The summed E-state index contributed by atoms with van der Waals surface area (Å²) in [7, 11) is 0. The molecule has 10 heteroatoms. The zero-order valence-electron chi connectivity index (χ0n) is 14.0. The molecule has 138 valence electrons. The molecule has 0 aromatic rings. The molecule has 2 N–H and O–H groups in total. The van der Waals surface area contributed by atoms with E-state index >= 15 is 0 Å². The van der Waals surface area contributed by atoms with Gasteiger partial charge in [-0.1, -0.05) is 0 Å². The van der Waals surface area contributed by atoms with E-state index in [0.29, 0.717) is 26.2 Å². The van der Waals surface area contributed by atoms with E-state index in [1.807, 2.05) is 0 Å². The summed E-state index contributed by atoms with van der Waals surface area (Å²) in [5, 5.41) is 19.3. The van der Waals surface area contributed by atoms with Crippen molar-refractivity contribution in [2.75, 3.05) is 26.2 Å². The van der Waals surface area contributed by atoms with Gasteiger partial charge in [0, 0.05) is 30.9 Å². The zero-order chi connectivity index (χ0) is 18.5. The van der Waals surface area contributed by atoms with Crippen molar-refractivity contribution in [1.82, 2.24) is 14.7 Å². The summed E-state index contributed by atoms with van der Waals surface area (Å²) in [4.78, 5) is 51.4. The largest absolute Gasteiger partial charge is 0.480 e. The Morgan fingerprint density at radius 3 is 2.40 bits per heavy atom. The molecule has 3 amide bonds. The van der Waals surface area contributed by atoms with Crippen molar-refractivity contribution in [2.24, 2.45) is 5.92 Å². The van der Waals surface area contributed by atoms with Crippen LogP contribution in [0.3, 0.4) is 0 Å². The number of β-lactam (4-membered cyclic amide) rings is 1. The number of carboxylic acids is 1. The highest BCUT2D eigenvalue weighted by molar-refractivity contribution is 8.01. The van der Waals surface area contributed by atoms with Crippen LogP contribution >= 0.6 is 11.8 Å². The van der Waals surface area contributed by atoms with Gasteiger partial charge in [0.15, 0.2) is 0 Å². The lowest BCUT2D eigenvalue weighted by atomic mass is 9.87. The lowest BCUT2D eigenvalue weighted by Gasteiger charge is -2.46. The third-order valence-corrected chi connectivity index (χ3v) is 6.68. The molecule has 0 aromatic carbocycles. The van der Waals surface area contributed by atoms with Crippen LogP contribution in [0.4, 0.5) is 0 Å². The molecular weight excluding hydrogens is 350 g/mol. The summed E-state index contributed by atoms with van der Waals surface area (Å²) in [5.41, 5.74) is 0. The molecule has 0 bridgehead atoms. The van der Waals surface area contributed by atoms with E-state index in [0.717, 1.165) is 6.41 Å². The minimum absolute atomic E-state index is 0.306. The van der Waals surface area contributed by atoms with Crippen LogP contribution in [-0.2, 0) is 19.2 Å². The summed E-state index contributed by atoms with van der Waals surface area (Å²) < 4.78 is -0.695. The average Bonchev–Trinajstić information content (AvgIpc) is 2.82. The summed E-state index contributed by atoms with van der Waals surface area (Å²) in [6.07, 6.45) is -0.776. The summed E-state index contributed by atoms with van der Waals surface area (Å²) in [6.45, 7) is 4.87. The summed E-state index contributed by atoms with van der Waals surface area (Å²) >= 11 is 1.30. The van der Waals surface area contributed by atoms with Gasteiger partial charge >= 0.3 is 5.97 Å². The first-order valence-corrected chi connectivity index (χ1v) is 8.96. The van der Waals surface area contributed by atoms with E-state index in [-0.39, 0.29) is 0 Å². The van der Waals surface area contributed by atoms with E-state index < -0.39 is 46.0 Å². The molecule has 0 radical (unpaired) electrons. The van der Waals surface area contributed by atoms with E-state index in [9.17, 15) is 29.4 Å².